The lowest BCUT2D eigenvalue weighted by atomic mass is 9.79. The SMILES string of the molecule is CC1(C)OB(c2cc(NC(=O)c3ccnc(C(F)(F)F)c3)ccc2Cl)OC1(C)C. The van der Waals surface area contributed by atoms with Crippen molar-refractivity contribution in [3.63, 3.8) is 0 Å². The summed E-state index contributed by atoms with van der Waals surface area (Å²) in [5.74, 6) is -0.708. The van der Waals surface area contributed by atoms with Gasteiger partial charge in [0.15, 0.2) is 0 Å². The zero-order valence-electron chi connectivity index (χ0n) is 16.2. The van der Waals surface area contributed by atoms with Crippen LogP contribution in [-0.2, 0) is 15.5 Å². The largest absolute Gasteiger partial charge is 0.496 e. The number of hydrogen-bond donors (Lipinski definition) is 1. The maximum Gasteiger partial charge on any atom is 0.496 e. The van der Waals surface area contributed by atoms with Crippen molar-refractivity contribution in [2.75, 3.05) is 5.32 Å². The number of amides is 1. The van der Waals surface area contributed by atoms with Crippen LogP contribution in [0.1, 0.15) is 43.7 Å². The van der Waals surface area contributed by atoms with Gasteiger partial charge in [0.25, 0.3) is 5.91 Å². The number of pyridine rings is 1. The number of aromatic nitrogens is 1. The molecule has 1 N–H and O–H groups in total. The fourth-order valence-electron chi connectivity index (χ4n) is 2.70. The number of benzene rings is 1. The van der Waals surface area contributed by atoms with E-state index in [1.165, 1.54) is 6.07 Å². The van der Waals surface area contributed by atoms with E-state index in [0.29, 0.717) is 22.2 Å². The smallest absolute Gasteiger partial charge is 0.399 e. The number of anilines is 1. The second kappa shape index (κ2) is 7.30. The summed E-state index contributed by atoms with van der Waals surface area (Å²) in [6, 6.07) is 6.58. The molecule has 29 heavy (non-hydrogen) atoms. The Bertz CT molecular complexity index is 935. The predicted octanol–water partition coefficient (Wildman–Crippen LogP) is 4.31. The normalized spacial score (nSPS) is 18.0. The molecule has 2 heterocycles. The van der Waals surface area contributed by atoms with Gasteiger partial charge in [-0.1, -0.05) is 11.6 Å². The summed E-state index contributed by atoms with van der Waals surface area (Å²) in [5, 5.41) is 2.95. The molecule has 1 amide bonds. The van der Waals surface area contributed by atoms with Crippen molar-refractivity contribution in [1.29, 1.82) is 0 Å². The third-order valence-electron chi connectivity index (χ3n) is 5.07. The quantitative estimate of drug-likeness (QED) is 0.743. The van der Waals surface area contributed by atoms with Crippen LogP contribution >= 0.6 is 11.6 Å². The Morgan fingerprint density at radius 1 is 1.10 bits per heavy atom. The molecular weight excluding hydrogens is 407 g/mol. The topological polar surface area (TPSA) is 60.5 Å². The van der Waals surface area contributed by atoms with E-state index in [1.54, 1.807) is 18.2 Å². The van der Waals surface area contributed by atoms with Gasteiger partial charge in [-0.15, -0.1) is 0 Å². The molecule has 1 fully saturated rings. The first-order chi connectivity index (χ1) is 13.3. The van der Waals surface area contributed by atoms with Crippen LogP contribution in [-0.4, -0.2) is 29.2 Å². The highest BCUT2D eigenvalue weighted by atomic mass is 35.5. The lowest BCUT2D eigenvalue weighted by Crippen LogP contribution is -2.41. The fraction of sp³-hybridized carbons (Fsp3) is 0.368. The Balaban J connectivity index is 1.83. The zero-order valence-corrected chi connectivity index (χ0v) is 17.0. The number of alkyl halides is 3. The van der Waals surface area contributed by atoms with E-state index >= 15 is 0 Å². The van der Waals surface area contributed by atoms with Crippen molar-refractivity contribution in [2.24, 2.45) is 0 Å². The maximum atomic E-state index is 12.8. The van der Waals surface area contributed by atoms with Crippen molar-refractivity contribution in [3.8, 4) is 0 Å². The third-order valence-corrected chi connectivity index (χ3v) is 5.42. The van der Waals surface area contributed by atoms with E-state index in [9.17, 15) is 18.0 Å². The molecule has 0 saturated carbocycles. The second-order valence-electron chi connectivity index (χ2n) is 7.71. The van der Waals surface area contributed by atoms with Crippen LogP contribution in [0, 0.1) is 0 Å². The zero-order chi connectivity index (χ0) is 21.6. The summed E-state index contributed by atoms with van der Waals surface area (Å²) in [6.45, 7) is 7.59. The summed E-state index contributed by atoms with van der Waals surface area (Å²) in [7, 11) is -0.748. The number of nitrogens with zero attached hydrogens (tertiary/aromatic N) is 1. The summed E-state index contributed by atoms with van der Waals surface area (Å²) in [5.41, 5.74) is -1.61. The molecule has 3 rings (SSSR count). The molecule has 10 heteroatoms. The van der Waals surface area contributed by atoms with Gasteiger partial charge in [-0.05, 0) is 58.0 Å². The van der Waals surface area contributed by atoms with Crippen molar-refractivity contribution < 1.29 is 27.3 Å². The van der Waals surface area contributed by atoms with Gasteiger partial charge in [0.1, 0.15) is 5.69 Å². The van der Waals surface area contributed by atoms with Gasteiger partial charge in [0.05, 0.1) is 11.2 Å². The molecule has 0 bridgehead atoms. The number of carbonyl (C=O) groups excluding carboxylic acids is 1. The van der Waals surface area contributed by atoms with Gasteiger partial charge in [-0.25, -0.2) is 0 Å². The predicted molar refractivity (Wildman–Crippen MR) is 104 cm³/mol. The molecular formula is C19H19BClF3N2O3. The van der Waals surface area contributed by atoms with Gasteiger partial charge < -0.3 is 14.6 Å². The third kappa shape index (κ3) is 4.41. The van der Waals surface area contributed by atoms with Crippen molar-refractivity contribution in [1.82, 2.24) is 4.98 Å². The van der Waals surface area contributed by atoms with Crippen molar-refractivity contribution >= 4 is 35.8 Å². The molecule has 0 atom stereocenters. The van der Waals surface area contributed by atoms with E-state index in [0.717, 1.165) is 6.20 Å². The van der Waals surface area contributed by atoms with Gasteiger partial charge in [-0.3, -0.25) is 9.78 Å². The van der Waals surface area contributed by atoms with E-state index in [1.807, 2.05) is 27.7 Å². The average Bonchev–Trinajstić information content (AvgIpc) is 2.83. The first-order valence-electron chi connectivity index (χ1n) is 8.80. The lowest BCUT2D eigenvalue weighted by molar-refractivity contribution is -0.141. The summed E-state index contributed by atoms with van der Waals surface area (Å²) in [6.07, 6.45) is -3.70. The Morgan fingerprint density at radius 3 is 2.31 bits per heavy atom. The fourth-order valence-corrected chi connectivity index (χ4v) is 2.91. The number of hydrogen-bond acceptors (Lipinski definition) is 4. The Morgan fingerprint density at radius 2 is 1.72 bits per heavy atom. The van der Waals surface area contributed by atoms with Crippen LogP contribution in [0.3, 0.4) is 0 Å². The minimum absolute atomic E-state index is 0.167. The molecule has 0 unspecified atom stereocenters. The maximum absolute atomic E-state index is 12.8. The number of carbonyl (C=O) groups is 1. The number of halogens is 4. The van der Waals surface area contributed by atoms with Gasteiger partial charge in [0.2, 0.25) is 0 Å². The van der Waals surface area contributed by atoms with Gasteiger partial charge in [-0.2, -0.15) is 13.2 Å². The van der Waals surface area contributed by atoms with Gasteiger partial charge in [0, 0.05) is 27.9 Å². The molecule has 0 aliphatic carbocycles. The van der Waals surface area contributed by atoms with Crippen molar-refractivity contribution in [2.45, 2.75) is 45.1 Å². The van der Waals surface area contributed by atoms with E-state index in [2.05, 4.69) is 10.3 Å². The minimum Gasteiger partial charge on any atom is -0.399 e. The highest BCUT2D eigenvalue weighted by Crippen LogP contribution is 2.37. The number of rotatable bonds is 3. The molecule has 1 saturated heterocycles. The standard InChI is InChI=1S/C19H19BClF3N2O3/c1-17(2)18(3,4)29-20(28-17)13-10-12(5-6-14(13)21)26-16(27)11-7-8-25-15(9-11)19(22,23)24/h5-10H,1-4H3,(H,26,27). The second-order valence-corrected chi connectivity index (χ2v) is 8.11. The average molecular weight is 427 g/mol. The minimum atomic E-state index is -4.64. The summed E-state index contributed by atoms with van der Waals surface area (Å²) >= 11 is 6.28. The van der Waals surface area contributed by atoms with Crippen LogP contribution in [0.15, 0.2) is 36.5 Å². The highest BCUT2D eigenvalue weighted by Gasteiger charge is 2.52. The molecule has 0 radical (unpaired) electrons. The first kappa shape index (κ1) is 21.6. The van der Waals surface area contributed by atoms with Crippen LogP contribution in [0.4, 0.5) is 18.9 Å². The summed E-state index contributed by atoms with van der Waals surface area (Å²) in [4.78, 5) is 15.7. The lowest BCUT2D eigenvalue weighted by Gasteiger charge is -2.32. The van der Waals surface area contributed by atoms with E-state index in [4.69, 9.17) is 20.9 Å². The van der Waals surface area contributed by atoms with Crippen LogP contribution in [0.2, 0.25) is 5.02 Å². The van der Waals surface area contributed by atoms with Crippen LogP contribution < -0.4 is 10.8 Å². The Labute approximate surface area is 171 Å². The molecule has 1 aromatic heterocycles. The van der Waals surface area contributed by atoms with E-state index < -0.39 is 36.1 Å². The van der Waals surface area contributed by atoms with E-state index in [-0.39, 0.29) is 5.56 Å². The first-order valence-corrected chi connectivity index (χ1v) is 9.18. The molecule has 5 nitrogen and oxygen atoms in total. The van der Waals surface area contributed by atoms with Crippen LogP contribution in [0.5, 0.6) is 0 Å². The number of nitrogens with one attached hydrogen (secondary N) is 1. The van der Waals surface area contributed by atoms with Crippen molar-refractivity contribution in [3.05, 3.63) is 52.8 Å². The molecule has 0 spiro atoms. The molecule has 1 aliphatic rings. The Kier molecular flexibility index (Phi) is 5.44. The van der Waals surface area contributed by atoms with Gasteiger partial charge >= 0.3 is 13.3 Å². The molecule has 1 aromatic carbocycles. The Hall–Kier alpha value is -2.10. The summed E-state index contributed by atoms with van der Waals surface area (Å²) < 4.78 is 50.4. The molecule has 1 aliphatic heterocycles. The monoisotopic (exact) mass is 426 g/mol. The molecule has 154 valence electrons. The highest BCUT2D eigenvalue weighted by molar-refractivity contribution is 6.65. The molecule has 2 aromatic rings. The van der Waals surface area contributed by atoms with Crippen LogP contribution in [0.25, 0.3) is 0 Å².